The van der Waals surface area contributed by atoms with Crippen molar-refractivity contribution in [2.24, 2.45) is 0 Å². The van der Waals surface area contributed by atoms with Crippen LogP contribution in [-0.2, 0) is 9.53 Å². The van der Waals surface area contributed by atoms with Crippen molar-refractivity contribution in [2.75, 3.05) is 19.7 Å². The van der Waals surface area contributed by atoms with E-state index in [1.807, 2.05) is 6.92 Å². The van der Waals surface area contributed by atoms with E-state index in [1.165, 1.54) is 0 Å². The van der Waals surface area contributed by atoms with Crippen LogP contribution in [0.3, 0.4) is 0 Å². The first-order valence-electron chi connectivity index (χ1n) is 6.66. The Morgan fingerprint density at radius 1 is 1.50 bits per heavy atom. The maximum absolute atomic E-state index is 11.6. The van der Waals surface area contributed by atoms with Crippen LogP contribution >= 0.6 is 0 Å². The minimum atomic E-state index is -0.0474. The number of hydrogen-bond donors (Lipinski definition) is 1. The van der Waals surface area contributed by atoms with Gasteiger partial charge >= 0.3 is 5.97 Å². The van der Waals surface area contributed by atoms with Crippen molar-refractivity contribution < 1.29 is 9.53 Å². The van der Waals surface area contributed by atoms with E-state index in [1.54, 1.807) is 0 Å². The highest BCUT2D eigenvalue weighted by atomic mass is 16.5. The molecule has 0 bridgehead atoms. The van der Waals surface area contributed by atoms with Crippen LogP contribution in [-0.4, -0.2) is 46.8 Å². The van der Waals surface area contributed by atoms with Crippen molar-refractivity contribution in [1.29, 1.82) is 0 Å². The zero-order valence-electron chi connectivity index (χ0n) is 10.7. The van der Waals surface area contributed by atoms with Crippen LogP contribution in [0, 0.1) is 6.92 Å². The van der Waals surface area contributed by atoms with Crippen LogP contribution in [0.25, 0.3) is 0 Å². The van der Waals surface area contributed by atoms with E-state index in [2.05, 4.69) is 21.2 Å². The fourth-order valence-electron chi connectivity index (χ4n) is 3.00. The molecular weight excluding hydrogens is 230 g/mol. The lowest BCUT2D eigenvalue weighted by molar-refractivity contribution is -0.142. The molecule has 0 radical (unpaired) electrons. The molecule has 3 heterocycles. The zero-order valence-corrected chi connectivity index (χ0v) is 10.7. The Kier molecular flexibility index (Phi) is 3.07. The van der Waals surface area contributed by atoms with Gasteiger partial charge in [-0.15, -0.1) is 0 Å². The lowest BCUT2D eigenvalue weighted by Gasteiger charge is -2.34. The summed E-state index contributed by atoms with van der Waals surface area (Å²) in [4.78, 5) is 13.9. The van der Waals surface area contributed by atoms with Crippen molar-refractivity contribution in [1.82, 2.24) is 15.1 Å². The van der Waals surface area contributed by atoms with Crippen LogP contribution < -0.4 is 0 Å². The van der Waals surface area contributed by atoms with Crippen LogP contribution in [0.5, 0.6) is 0 Å². The Bertz CT molecular complexity index is 443. The molecule has 0 amide bonds. The SMILES string of the molecule is Cc1cc([C@H]2CCCN([C@@H]3CCOC3=O)C2)n[nH]1. The molecule has 5 heteroatoms. The molecule has 0 aromatic carbocycles. The first kappa shape index (κ1) is 11.7. The van der Waals surface area contributed by atoms with Gasteiger partial charge in [-0.05, 0) is 32.4 Å². The monoisotopic (exact) mass is 249 g/mol. The lowest BCUT2D eigenvalue weighted by atomic mass is 9.93. The summed E-state index contributed by atoms with van der Waals surface area (Å²) in [6.45, 7) is 4.52. The highest BCUT2D eigenvalue weighted by Gasteiger charge is 2.35. The second-order valence-corrected chi connectivity index (χ2v) is 5.28. The zero-order chi connectivity index (χ0) is 12.5. The molecule has 0 aliphatic carbocycles. The van der Waals surface area contributed by atoms with Crippen molar-refractivity contribution in [3.05, 3.63) is 17.5 Å². The Labute approximate surface area is 107 Å². The molecule has 1 N–H and O–H groups in total. The number of carbonyl (C=O) groups is 1. The van der Waals surface area contributed by atoms with Crippen molar-refractivity contribution in [3.8, 4) is 0 Å². The Hall–Kier alpha value is -1.36. The number of hydrogen-bond acceptors (Lipinski definition) is 4. The van der Waals surface area contributed by atoms with Gasteiger partial charge in [-0.1, -0.05) is 0 Å². The van der Waals surface area contributed by atoms with E-state index in [0.717, 1.165) is 43.7 Å². The molecule has 3 rings (SSSR count). The average Bonchev–Trinajstić information content (AvgIpc) is 2.98. The summed E-state index contributed by atoms with van der Waals surface area (Å²) in [5.41, 5.74) is 2.23. The molecule has 2 saturated heterocycles. The van der Waals surface area contributed by atoms with Gasteiger partial charge in [-0.25, -0.2) is 0 Å². The van der Waals surface area contributed by atoms with Gasteiger partial charge in [0.2, 0.25) is 0 Å². The van der Waals surface area contributed by atoms with Crippen LogP contribution in [0.1, 0.15) is 36.6 Å². The summed E-state index contributed by atoms with van der Waals surface area (Å²) in [6.07, 6.45) is 3.12. The Balaban J connectivity index is 1.70. The Morgan fingerprint density at radius 3 is 3.06 bits per heavy atom. The quantitative estimate of drug-likeness (QED) is 0.800. The number of piperidine rings is 1. The predicted molar refractivity (Wildman–Crippen MR) is 66.2 cm³/mol. The summed E-state index contributed by atoms with van der Waals surface area (Å²) in [5.74, 6) is 0.394. The van der Waals surface area contributed by atoms with Gasteiger partial charge in [0.25, 0.3) is 0 Å². The van der Waals surface area contributed by atoms with E-state index in [4.69, 9.17) is 4.74 Å². The molecular formula is C13H19N3O2. The third-order valence-corrected chi connectivity index (χ3v) is 3.95. The van der Waals surface area contributed by atoms with Crippen LogP contribution in [0.4, 0.5) is 0 Å². The first-order valence-corrected chi connectivity index (χ1v) is 6.66. The number of esters is 1. The lowest BCUT2D eigenvalue weighted by Crippen LogP contribution is -2.44. The van der Waals surface area contributed by atoms with Gasteiger partial charge in [-0.2, -0.15) is 5.10 Å². The second-order valence-electron chi connectivity index (χ2n) is 5.28. The Morgan fingerprint density at radius 2 is 2.39 bits per heavy atom. The van der Waals surface area contributed by atoms with E-state index in [0.29, 0.717) is 12.5 Å². The maximum Gasteiger partial charge on any atom is 0.323 e. The molecule has 2 atom stereocenters. The molecule has 0 spiro atoms. The predicted octanol–water partition coefficient (Wildman–Crippen LogP) is 1.21. The minimum absolute atomic E-state index is 0.0205. The van der Waals surface area contributed by atoms with Crippen molar-refractivity contribution in [2.45, 2.75) is 38.1 Å². The smallest absolute Gasteiger partial charge is 0.323 e. The number of nitrogens with one attached hydrogen (secondary N) is 1. The molecule has 2 aliphatic heterocycles. The number of aromatic nitrogens is 2. The maximum atomic E-state index is 11.6. The van der Waals surface area contributed by atoms with Crippen LogP contribution in [0.15, 0.2) is 6.07 Å². The molecule has 98 valence electrons. The summed E-state index contributed by atoms with van der Waals surface area (Å²) in [5, 5.41) is 7.35. The highest BCUT2D eigenvalue weighted by Crippen LogP contribution is 2.28. The van der Waals surface area contributed by atoms with Gasteiger partial charge in [0.05, 0.1) is 12.3 Å². The summed E-state index contributed by atoms with van der Waals surface area (Å²) in [6, 6.07) is 2.09. The molecule has 5 nitrogen and oxygen atoms in total. The first-order chi connectivity index (χ1) is 8.74. The number of rotatable bonds is 2. The molecule has 2 aliphatic rings. The number of cyclic esters (lactones) is 1. The molecule has 18 heavy (non-hydrogen) atoms. The van der Waals surface area contributed by atoms with Gasteiger partial charge in [-0.3, -0.25) is 14.8 Å². The largest absolute Gasteiger partial charge is 0.464 e. The minimum Gasteiger partial charge on any atom is -0.464 e. The number of ether oxygens (including phenoxy) is 1. The van der Waals surface area contributed by atoms with Gasteiger partial charge in [0.1, 0.15) is 6.04 Å². The number of aromatic amines is 1. The van der Waals surface area contributed by atoms with E-state index >= 15 is 0 Å². The second kappa shape index (κ2) is 4.72. The fourth-order valence-corrected chi connectivity index (χ4v) is 3.00. The van der Waals surface area contributed by atoms with E-state index in [-0.39, 0.29) is 12.0 Å². The van der Waals surface area contributed by atoms with Gasteiger partial charge in [0, 0.05) is 24.6 Å². The third kappa shape index (κ3) is 2.14. The van der Waals surface area contributed by atoms with E-state index in [9.17, 15) is 4.79 Å². The van der Waals surface area contributed by atoms with Crippen molar-refractivity contribution in [3.63, 3.8) is 0 Å². The summed E-state index contributed by atoms with van der Waals surface area (Å²) >= 11 is 0. The van der Waals surface area contributed by atoms with Crippen LogP contribution in [0.2, 0.25) is 0 Å². The number of nitrogens with zero attached hydrogens (tertiary/aromatic N) is 2. The number of H-pyrrole nitrogens is 1. The third-order valence-electron chi connectivity index (χ3n) is 3.95. The molecule has 0 saturated carbocycles. The molecule has 0 unspecified atom stereocenters. The van der Waals surface area contributed by atoms with Gasteiger partial charge in [0.15, 0.2) is 0 Å². The summed E-state index contributed by atoms with van der Waals surface area (Å²) in [7, 11) is 0. The molecule has 1 aromatic rings. The standard InChI is InChI=1S/C13H19N3O2/c1-9-7-11(15-14-9)10-3-2-5-16(8-10)12-4-6-18-13(12)17/h7,10,12H,2-6,8H2,1H3,(H,14,15)/t10-,12+/m0/s1. The average molecular weight is 249 g/mol. The number of likely N-dealkylation sites (tertiary alicyclic amines) is 1. The molecule has 2 fully saturated rings. The normalized spacial score (nSPS) is 29.5. The van der Waals surface area contributed by atoms with Gasteiger partial charge < -0.3 is 4.74 Å². The summed E-state index contributed by atoms with van der Waals surface area (Å²) < 4.78 is 5.06. The van der Waals surface area contributed by atoms with Crippen molar-refractivity contribution >= 4 is 5.97 Å². The number of carbonyl (C=O) groups excluding carboxylic acids is 1. The number of aryl methyl sites for hydroxylation is 1. The van der Waals surface area contributed by atoms with E-state index < -0.39 is 0 Å². The molecule has 1 aromatic heterocycles. The topological polar surface area (TPSA) is 58.2 Å². The highest BCUT2D eigenvalue weighted by molar-refractivity contribution is 5.77. The fraction of sp³-hybridized carbons (Fsp3) is 0.692.